The van der Waals surface area contributed by atoms with Crippen LogP contribution < -0.4 is 22.5 Å². The van der Waals surface area contributed by atoms with E-state index in [9.17, 15) is 22.8 Å². The maximum absolute atomic E-state index is 13.6. The van der Waals surface area contributed by atoms with E-state index in [2.05, 4.69) is 10.3 Å². The average molecular weight is 586 g/mol. The molecular weight excluding hydrogens is 545 g/mol. The fourth-order valence-electron chi connectivity index (χ4n) is 5.93. The molecule has 1 fully saturated rings. The first-order valence-electron chi connectivity index (χ1n) is 14.4. The Morgan fingerprint density at radius 3 is 2.24 bits per heavy atom. The molecule has 4 rings (SSSR count). The first-order chi connectivity index (χ1) is 20.0. The number of hydrogen-bond acceptors (Lipinski definition) is 6. The highest BCUT2D eigenvalue weighted by Gasteiger charge is 2.38. The topological polar surface area (TPSA) is 137 Å². The molecule has 1 aromatic heterocycles. The van der Waals surface area contributed by atoms with Crippen molar-refractivity contribution >= 4 is 22.6 Å². The fraction of sp³-hybridized carbons (Fsp3) is 0.452. The normalized spacial score (nSPS) is 17.1. The van der Waals surface area contributed by atoms with Gasteiger partial charge in [-0.05, 0) is 47.7 Å². The zero-order valence-corrected chi connectivity index (χ0v) is 23.7. The third kappa shape index (κ3) is 7.91. The SMILES string of the molecule is NCC[N+]1(CCN)CCC([C@H](N)C(=O)N[C@@H](Cc2ccc(C(F)(F)F)cc2)C(=O)Cc2cnc3ccccc3c2)CC1. The third-order valence-corrected chi connectivity index (χ3v) is 8.42. The Hall–Kier alpha value is -3.38. The van der Waals surface area contributed by atoms with E-state index < -0.39 is 29.7 Å². The van der Waals surface area contributed by atoms with Crippen LogP contribution in [0.3, 0.4) is 0 Å². The van der Waals surface area contributed by atoms with Gasteiger partial charge in [-0.25, -0.2) is 0 Å². The smallest absolute Gasteiger partial charge is 0.345 e. The zero-order chi connectivity index (χ0) is 30.3. The molecular formula is C31H40F3N6O2+. The number of carbonyl (C=O) groups is 2. The van der Waals surface area contributed by atoms with E-state index in [1.165, 1.54) is 12.1 Å². The van der Waals surface area contributed by atoms with Gasteiger partial charge in [-0.1, -0.05) is 30.3 Å². The Morgan fingerprint density at radius 1 is 0.976 bits per heavy atom. The van der Waals surface area contributed by atoms with E-state index in [4.69, 9.17) is 17.2 Å². The number of benzene rings is 2. The van der Waals surface area contributed by atoms with E-state index >= 15 is 0 Å². The van der Waals surface area contributed by atoms with Gasteiger partial charge in [-0.2, -0.15) is 13.2 Å². The summed E-state index contributed by atoms with van der Waals surface area (Å²) in [6.45, 7) is 4.39. The number of pyridine rings is 1. The van der Waals surface area contributed by atoms with Crippen molar-refractivity contribution in [3.8, 4) is 0 Å². The number of halogens is 3. The van der Waals surface area contributed by atoms with Crippen LogP contribution in [-0.4, -0.2) is 72.5 Å². The number of aromatic nitrogens is 1. The number of piperidine rings is 1. The molecule has 0 bridgehead atoms. The van der Waals surface area contributed by atoms with Gasteiger partial charge in [0.2, 0.25) is 5.91 Å². The number of para-hydroxylation sites is 1. The molecule has 1 aliphatic rings. The highest BCUT2D eigenvalue weighted by Crippen LogP contribution is 2.29. The molecule has 0 radical (unpaired) electrons. The van der Waals surface area contributed by atoms with Crippen LogP contribution in [0.1, 0.15) is 29.5 Å². The minimum Gasteiger partial charge on any atom is -0.345 e. The van der Waals surface area contributed by atoms with Crippen molar-refractivity contribution in [3.63, 3.8) is 0 Å². The summed E-state index contributed by atoms with van der Waals surface area (Å²) in [6.07, 6.45) is -1.35. The quantitative estimate of drug-likeness (QED) is 0.241. The van der Waals surface area contributed by atoms with Crippen LogP contribution in [0, 0.1) is 5.92 Å². The molecule has 1 amide bonds. The number of carbonyl (C=O) groups excluding carboxylic acids is 2. The van der Waals surface area contributed by atoms with E-state index in [1.54, 1.807) is 6.20 Å². The van der Waals surface area contributed by atoms with Crippen molar-refractivity contribution in [2.45, 2.75) is 43.9 Å². The monoisotopic (exact) mass is 585 g/mol. The van der Waals surface area contributed by atoms with Gasteiger partial charge in [-0.3, -0.25) is 14.6 Å². The second-order valence-electron chi connectivity index (χ2n) is 11.3. The number of rotatable bonds is 12. The number of ketones is 1. The van der Waals surface area contributed by atoms with Crippen LogP contribution in [0.25, 0.3) is 10.9 Å². The standard InChI is InChI=1S/C31H39F3N6O2/c32-31(33,34)25-7-5-21(6-8-25)18-27(28(41)19-22-17-24-3-1-2-4-26(24)38-20-22)39-30(42)29(37)23-9-13-40(14-10-23,15-11-35)16-12-36/h1-8,17,20,23,27,29H,9-16,18-19,35-37H2/p+1/t27-,29-/m0/s1. The molecule has 1 aliphatic heterocycles. The molecule has 11 heteroatoms. The van der Waals surface area contributed by atoms with Crippen molar-refractivity contribution in [3.05, 3.63) is 77.5 Å². The van der Waals surface area contributed by atoms with Gasteiger partial charge >= 0.3 is 6.18 Å². The summed E-state index contributed by atoms with van der Waals surface area (Å²) in [5, 5.41) is 3.71. The number of nitrogens with one attached hydrogen (secondary N) is 1. The number of likely N-dealkylation sites (tertiary alicyclic amines) is 1. The van der Waals surface area contributed by atoms with Gasteiger partial charge in [0.25, 0.3) is 0 Å². The van der Waals surface area contributed by atoms with Crippen LogP contribution in [0.4, 0.5) is 13.2 Å². The Kier molecular flexibility index (Phi) is 10.3. The predicted molar refractivity (Wildman–Crippen MR) is 156 cm³/mol. The Morgan fingerprint density at radius 2 is 1.62 bits per heavy atom. The van der Waals surface area contributed by atoms with Crippen LogP contribution in [0.15, 0.2) is 60.8 Å². The average Bonchev–Trinajstić information content (AvgIpc) is 2.97. The summed E-state index contributed by atoms with van der Waals surface area (Å²) >= 11 is 0. The number of fused-ring (bicyclic) bond motifs is 1. The molecule has 2 aromatic carbocycles. The summed E-state index contributed by atoms with van der Waals surface area (Å²) in [6, 6.07) is 12.2. The summed E-state index contributed by atoms with van der Waals surface area (Å²) in [7, 11) is 0. The lowest BCUT2D eigenvalue weighted by Gasteiger charge is -2.44. The van der Waals surface area contributed by atoms with E-state index in [1.807, 2.05) is 30.3 Å². The van der Waals surface area contributed by atoms with Crippen molar-refractivity contribution in [2.24, 2.45) is 23.1 Å². The number of quaternary nitrogens is 1. The molecule has 3 aromatic rings. The molecule has 7 N–H and O–H groups in total. The summed E-state index contributed by atoms with van der Waals surface area (Å²) < 4.78 is 40.1. The molecule has 0 aliphatic carbocycles. The van der Waals surface area contributed by atoms with Gasteiger partial charge in [0.05, 0.1) is 49.3 Å². The lowest BCUT2D eigenvalue weighted by atomic mass is 9.87. The number of nitrogens with two attached hydrogens (primary N) is 3. The number of nitrogens with zero attached hydrogens (tertiary/aromatic N) is 2. The number of alkyl halides is 3. The summed E-state index contributed by atoms with van der Waals surface area (Å²) in [5.74, 6) is -0.796. The molecule has 42 heavy (non-hydrogen) atoms. The van der Waals surface area contributed by atoms with Gasteiger partial charge in [0.15, 0.2) is 5.78 Å². The van der Waals surface area contributed by atoms with Gasteiger partial charge < -0.3 is 27.0 Å². The molecule has 0 saturated carbocycles. The van der Waals surface area contributed by atoms with Crippen LogP contribution in [0.2, 0.25) is 0 Å². The highest BCUT2D eigenvalue weighted by molar-refractivity contribution is 5.92. The Labute approximate surface area is 244 Å². The minimum atomic E-state index is -4.47. The number of hydrogen-bond donors (Lipinski definition) is 4. The van der Waals surface area contributed by atoms with Crippen LogP contribution >= 0.6 is 0 Å². The van der Waals surface area contributed by atoms with E-state index in [0.717, 1.165) is 66.5 Å². The van der Waals surface area contributed by atoms with E-state index in [-0.39, 0.29) is 24.5 Å². The molecule has 0 unspecified atom stereocenters. The summed E-state index contributed by atoms with van der Waals surface area (Å²) in [5.41, 5.74) is 19.3. The Bertz CT molecular complexity index is 1350. The van der Waals surface area contributed by atoms with Crippen LogP contribution in [-0.2, 0) is 28.6 Å². The summed E-state index contributed by atoms with van der Waals surface area (Å²) in [4.78, 5) is 31.3. The molecule has 8 nitrogen and oxygen atoms in total. The molecule has 2 heterocycles. The minimum absolute atomic E-state index is 0.000258. The van der Waals surface area contributed by atoms with Gasteiger partial charge in [0.1, 0.15) is 0 Å². The van der Waals surface area contributed by atoms with Gasteiger partial charge in [-0.15, -0.1) is 0 Å². The maximum atomic E-state index is 13.6. The molecule has 1 saturated heterocycles. The second-order valence-corrected chi connectivity index (χ2v) is 11.3. The number of amides is 1. The molecule has 2 atom stereocenters. The van der Waals surface area contributed by atoms with Crippen molar-refractivity contribution < 1.29 is 27.2 Å². The second kappa shape index (κ2) is 13.7. The van der Waals surface area contributed by atoms with Crippen molar-refractivity contribution in [1.29, 1.82) is 0 Å². The maximum Gasteiger partial charge on any atom is 0.416 e. The van der Waals surface area contributed by atoms with Crippen molar-refractivity contribution in [2.75, 3.05) is 39.3 Å². The first kappa shape index (κ1) is 31.6. The van der Waals surface area contributed by atoms with E-state index in [0.29, 0.717) is 24.2 Å². The zero-order valence-electron chi connectivity index (χ0n) is 23.7. The first-order valence-corrected chi connectivity index (χ1v) is 14.4. The molecule has 0 spiro atoms. The largest absolute Gasteiger partial charge is 0.416 e. The van der Waals surface area contributed by atoms with Crippen LogP contribution in [0.5, 0.6) is 0 Å². The number of Topliss-reactive ketones (excluding diaryl/α,β-unsaturated/α-hetero) is 1. The predicted octanol–water partition coefficient (Wildman–Crippen LogP) is 2.56. The lowest BCUT2D eigenvalue weighted by Crippen LogP contribution is -2.60. The van der Waals surface area contributed by atoms with Gasteiger partial charge in [0, 0.05) is 43.9 Å². The third-order valence-electron chi connectivity index (χ3n) is 8.42. The highest BCUT2D eigenvalue weighted by atomic mass is 19.4. The fourth-order valence-corrected chi connectivity index (χ4v) is 5.93. The molecule has 226 valence electrons. The Balaban J connectivity index is 1.48. The van der Waals surface area contributed by atoms with Crippen molar-refractivity contribution in [1.82, 2.24) is 10.3 Å². The lowest BCUT2D eigenvalue weighted by molar-refractivity contribution is -0.931.